The van der Waals surface area contributed by atoms with Crippen molar-refractivity contribution >= 4 is 42.6 Å². The smallest absolute Gasteiger partial charge is 0.260 e. The van der Waals surface area contributed by atoms with E-state index in [0.29, 0.717) is 48.4 Å². The summed E-state index contributed by atoms with van der Waals surface area (Å²) in [5, 5.41) is 0.568. The molecule has 10 nitrogen and oxygen atoms in total. The zero-order valence-corrected chi connectivity index (χ0v) is 24.3. The molecule has 2 atom stereocenters. The first-order chi connectivity index (χ1) is 18.7. The summed E-state index contributed by atoms with van der Waals surface area (Å²) < 4.78 is 45.6. The summed E-state index contributed by atoms with van der Waals surface area (Å²) in [5.74, 6) is 1.07. The molecule has 0 aliphatic carbocycles. The molecule has 1 amide bonds. The third-order valence-electron chi connectivity index (χ3n) is 7.01. The molecule has 0 unspecified atom stereocenters. The van der Waals surface area contributed by atoms with Gasteiger partial charge in [-0.2, -0.15) is 4.31 Å². The van der Waals surface area contributed by atoms with Gasteiger partial charge in [-0.1, -0.05) is 25.2 Å². The molecular weight excluding hydrogens is 540 g/mol. The predicted molar refractivity (Wildman–Crippen MR) is 150 cm³/mol. The Morgan fingerprint density at radius 1 is 1.03 bits per heavy atom. The molecule has 2 aliphatic rings. The molecule has 1 fully saturated rings. The van der Waals surface area contributed by atoms with Crippen LogP contribution in [0.1, 0.15) is 38.1 Å². The molecule has 2 aromatic carbocycles. The summed E-state index contributed by atoms with van der Waals surface area (Å²) >= 11 is 1.41. The normalized spacial score (nSPS) is 19.6. The van der Waals surface area contributed by atoms with Gasteiger partial charge in [0, 0.05) is 43.9 Å². The Balaban J connectivity index is 1.42. The Kier molecular flexibility index (Phi) is 8.11. The average Bonchev–Trinajstić information content (AvgIpc) is 3.55. The van der Waals surface area contributed by atoms with E-state index in [9.17, 15) is 13.2 Å². The van der Waals surface area contributed by atoms with Gasteiger partial charge in [-0.15, -0.1) is 0 Å². The molecule has 0 bridgehead atoms. The number of anilines is 1. The highest BCUT2D eigenvalue weighted by Crippen LogP contribution is 2.40. The first kappa shape index (κ1) is 27.8. The number of amides is 1. The van der Waals surface area contributed by atoms with Gasteiger partial charge < -0.3 is 19.1 Å². The van der Waals surface area contributed by atoms with Gasteiger partial charge in [-0.05, 0) is 51.2 Å². The lowest BCUT2D eigenvalue weighted by atomic mass is 10.2. The van der Waals surface area contributed by atoms with E-state index in [0.717, 1.165) is 23.3 Å². The lowest BCUT2D eigenvalue weighted by molar-refractivity contribution is -0.0440. The second-order valence-electron chi connectivity index (χ2n) is 9.76. The van der Waals surface area contributed by atoms with Crippen LogP contribution in [-0.4, -0.2) is 86.8 Å². The van der Waals surface area contributed by atoms with E-state index in [-0.39, 0.29) is 29.8 Å². The van der Waals surface area contributed by atoms with Gasteiger partial charge in [-0.25, -0.2) is 13.4 Å². The van der Waals surface area contributed by atoms with Crippen LogP contribution >= 0.6 is 11.3 Å². The number of hydrogen-bond acceptors (Lipinski definition) is 9. The summed E-state index contributed by atoms with van der Waals surface area (Å²) in [5.41, 5.74) is 1.13. The first-order valence-corrected chi connectivity index (χ1v) is 15.4. The van der Waals surface area contributed by atoms with Gasteiger partial charge in [0.1, 0.15) is 0 Å². The molecule has 1 saturated heterocycles. The number of ether oxygens (including phenoxy) is 3. The molecule has 0 N–H and O–H groups in total. The molecule has 0 spiro atoms. The number of carbonyl (C=O) groups is 1. The number of sulfonamides is 1. The maximum Gasteiger partial charge on any atom is 0.260 e. The van der Waals surface area contributed by atoms with E-state index in [1.54, 1.807) is 17.0 Å². The van der Waals surface area contributed by atoms with Crippen molar-refractivity contribution in [3.05, 3.63) is 42.0 Å². The summed E-state index contributed by atoms with van der Waals surface area (Å²) in [6.45, 7) is 11.5. The summed E-state index contributed by atoms with van der Waals surface area (Å²) in [6.07, 6.45) is -0.367. The number of likely N-dealkylation sites (N-methyl/N-ethyl adjacent to an activating group) is 1. The standard InChI is InChI=1S/C27H34N4O6S2/c1-5-29(6-2)11-12-31(27-28-22-13-23-24(36-17-35-23)14-25(22)38-27)26(32)20-7-9-21(10-8-20)39(33,34)30-15-18(3)37-19(4)16-30/h7-10,13-14,18-19H,5-6,11-12,15-17H2,1-4H3/t18-,19+. The first-order valence-electron chi connectivity index (χ1n) is 13.2. The van der Waals surface area contributed by atoms with Crippen LogP contribution in [0.2, 0.25) is 0 Å². The van der Waals surface area contributed by atoms with Crippen LogP contribution < -0.4 is 14.4 Å². The Labute approximate surface area is 233 Å². The highest BCUT2D eigenvalue weighted by molar-refractivity contribution is 7.89. The van der Waals surface area contributed by atoms with Crippen molar-refractivity contribution in [1.29, 1.82) is 0 Å². The molecule has 39 heavy (non-hydrogen) atoms. The second-order valence-corrected chi connectivity index (χ2v) is 12.7. The largest absolute Gasteiger partial charge is 0.454 e. The fourth-order valence-electron chi connectivity index (χ4n) is 4.89. The minimum absolute atomic E-state index is 0.157. The van der Waals surface area contributed by atoms with E-state index in [2.05, 4.69) is 18.7 Å². The molecule has 2 aliphatic heterocycles. The number of hydrogen-bond donors (Lipinski definition) is 0. The number of morpholine rings is 1. The minimum Gasteiger partial charge on any atom is -0.454 e. The van der Waals surface area contributed by atoms with Crippen molar-refractivity contribution in [3.63, 3.8) is 0 Å². The molecule has 210 valence electrons. The Bertz CT molecular complexity index is 1390. The SMILES string of the molecule is CCN(CC)CCN(C(=O)c1ccc(S(=O)(=O)N2C[C@@H](C)O[C@@H](C)C2)cc1)c1nc2cc3c(cc2s1)OCO3. The zero-order chi connectivity index (χ0) is 27.7. The van der Waals surface area contributed by atoms with Crippen molar-refractivity contribution in [2.75, 3.05) is 51.0 Å². The van der Waals surface area contributed by atoms with E-state index in [1.807, 2.05) is 26.0 Å². The van der Waals surface area contributed by atoms with Crippen LogP contribution in [0.4, 0.5) is 5.13 Å². The number of carbonyl (C=O) groups excluding carboxylic acids is 1. The maximum atomic E-state index is 13.8. The molecule has 3 aromatic rings. The Morgan fingerprint density at radius 3 is 2.31 bits per heavy atom. The predicted octanol–water partition coefficient (Wildman–Crippen LogP) is 3.81. The Hall–Kier alpha value is -2.77. The highest BCUT2D eigenvalue weighted by atomic mass is 32.2. The van der Waals surface area contributed by atoms with E-state index >= 15 is 0 Å². The minimum atomic E-state index is -3.71. The number of aromatic nitrogens is 1. The van der Waals surface area contributed by atoms with E-state index in [4.69, 9.17) is 19.2 Å². The average molecular weight is 575 g/mol. The van der Waals surface area contributed by atoms with Crippen LogP contribution in [0.25, 0.3) is 10.2 Å². The summed E-state index contributed by atoms with van der Waals surface area (Å²) in [4.78, 5) is 22.6. The maximum absolute atomic E-state index is 13.8. The van der Waals surface area contributed by atoms with Crippen molar-refractivity contribution < 1.29 is 27.4 Å². The van der Waals surface area contributed by atoms with Gasteiger partial charge in [-0.3, -0.25) is 9.69 Å². The lowest BCUT2D eigenvalue weighted by Gasteiger charge is -2.34. The molecule has 0 radical (unpaired) electrons. The molecule has 12 heteroatoms. The third kappa shape index (κ3) is 5.75. The van der Waals surface area contributed by atoms with Crippen LogP contribution in [-0.2, 0) is 14.8 Å². The van der Waals surface area contributed by atoms with Gasteiger partial charge in [0.05, 0.1) is 27.3 Å². The highest BCUT2D eigenvalue weighted by Gasteiger charge is 2.32. The van der Waals surface area contributed by atoms with Gasteiger partial charge >= 0.3 is 0 Å². The van der Waals surface area contributed by atoms with Crippen LogP contribution in [0.5, 0.6) is 11.5 Å². The van der Waals surface area contributed by atoms with Crippen LogP contribution in [0, 0.1) is 0 Å². The van der Waals surface area contributed by atoms with Crippen LogP contribution in [0.15, 0.2) is 41.3 Å². The fourth-order valence-corrected chi connectivity index (χ4v) is 7.48. The molecule has 3 heterocycles. The third-order valence-corrected chi connectivity index (χ3v) is 9.89. The fraction of sp³-hybridized carbons (Fsp3) is 0.481. The molecule has 0 saturated carbocycles. The zero-order valence-electron chi connectivity index (χ0n) is 22.6. The van der Waals surface area contributed by atoms with Crippen LogP contribution in [0.3, 0.4) is 0 Å². The van der Waals surface area contributed by atoms with Crippen molar-refractivity contribution in [1.82, 2.24) is 14.2 Å². The Morgan fingerprint density at radius 2 is 1.67 bits per heavy atom. The molecular formula is C27H34N4O6S2. The lowest BCUT2D eigenvalue weighted by Crippen LogP contribution is -2.48. The molecule has 1 aromatic heterocycles. The number of nitrogens with zero attached hydrogens (tertiary/aromatic N) is 4. The summed E-state index contributed by atoms with van der Waals surface area (Å²) in [7, 11) is -3.71. The summed E-state index contributed by atoms with van der Waals surface area (Å²) in [6, 6.07) is 9.89. The van der Waals surface area contributed by atoms with Gasteiger partial charge in [0.2, 0.25) is 16.8 Å². The topological polar surface area (TPSA) is 102 Å². The quantitative estimate of drug-likeness (QED) is 0.380. The van der Waals surface area contributed by atoms with E-state index < -0.39 is 10.0 Å². The van der Waals surface area contributed by atoms with Crippen molar-refractivity contribution in [3.8, 4) is 11.5 Å². The number of fused-ring (bicyclic) bond motifs is 2. The van der Waals surface area contributed by atoms with Gasteiger partial charge in [0.25, 0.3) is 5.91 Å². The van der Waals surface area contributed by atoms with Crippen molar-refractivity contribution in [2.24, 2.45) is 0 Å². The number of rotatable bonds is 9. The van der Waals surface area contributed by atoms with E-state index in [1.165, 1.54) is 27.8 Å². The molecule has 5 rings (SSSR count). The van der Waals surface area contributed by atoms with Gasteiger partial charge in [0.15, 0.2) is 16.6 Å². The monoisotopic (exact) mass is 574 g/mol. The second kappa shape index (κ2) is 11.4. The number of thiazole rings is 1. The number of benzene rings is 2. The van der Waals surface area contributed by atoms with Crippen molar-refractivity contribution in [2.45, 2.75) is 44.8 Å².